The lowest BCUT2D eigenvalue weighted by Gasteiger charge is -2.29. The highest BCUT2D eigenvalue weighted by Gasteiger charge is 2.39. The molecule has 1 aliphatic heterocycles. The Morgan fingerprint density at radius 1 is 0.610 bits per heavy atom. The van der Waals surface area contributed by atoms with Crippen LogP contribution < -0.4 is 104 Å². The van der Waals surface area contributed by atoms with Crippen molar-refractivity contribution >= 4 is 124 Å². The minimum atomic E-state index is -1.92. The zero-order valence-corrected chi connectivity index (χ0v) is 70.3. The van der Waals surface area contributed by atoms with Gasteiger partial charge in [-0.15, -0.1) is 0 Å². The monoisotopic (exact) mass is 1730 g/mol. The fourth-order valence-corrected chi connectivity index (χ4v) is 13.9. The molecule has 1 unspecified atom stereocenters. The number of aliphatic hydroxyl groups is 2. The molecule has 6 rings (SSSR count). The number of hydrogen-bond donors (Lipinski definition) is 22. The summed E-state index contributed by atoms with van der Waals surface area (Å²) in [6, 6.07) is 8.11. The normalized spacial score (nSPS) is 19.3. The van der Waals surface area contributed by atoms with E-state index in [0.29, 0.717) is 32.1 Å². The number of aryl methyl sites for hydroxylation is 1. The second-order valence-electron chi connectivity index (χ2n) is 29.7. The van der Waals surface area contributed by atoms with Crippen molar-refractivity contribution in [3.05, 3.63) is 120 Å². The molecule has 2 aromatic heterocycles. The molecule has 5 aromatic rings. The number of carboxylic acids is 1. The molecule has 14 amide bonds. The number of aliphatic carboxylic acids is 1. The van der Waals surface area contributed by atoms with Crippen LogP contribution in [0.15, 0.2) is 107 Å². The number of rotatable bonds is 39. The van der Waals surface area contributed by atoms with Crippen LogP contribution in [-0.2, 0) is 68.7 Å². The number of fused-ring (bicyclic) bond motifs is 1. The number of amides is 14. The van der Waals surface area contributed by atoms with Crippen molar-refractivity contribution in [3.63, 3.8) is 0 Å². The first-order valence-corrected chi connectivity index (χ1v) is 41.4. The van der Waals surface area contributed by atoms with Gasteiger partial charge in [-0.2, -0.15) is 9.78 Å². The van der Waals surface area contributed by atoms with Gasteiger partial charge in [0, 0.05) is 67.4 Å². The Labute approximate surface area is 715 Å². The summed E-state index contributed by atoms with van der Waals surface area (Å²) in [6.45, 7) is 3.18. The molecule has 13 atom stereocenters. The van der Waals surface area contributed by atoms with Crippen LogP contribution in [-0.4, -0.2) is 268 Å². The van der Waals surface area contributed by atoms with Gasteiger partial charge in [-0.3, -0.25) is 72.1 Å². The van der Waals surface area contributed by atoms with Gasteiger partial charge in [0.2, 0.25) is 70.9 Å². The lowest BCUT2D eigenvalue weighted by Crippen LogP contribution is -2.62. The molecule has 1 saturated heterocycles. The highest BCUT2D eigenvalue weighted by atomic mass is 32.2. The van der Waals surface area contributed by atoms with E-state index >= 15 is 4.79 Å². The van der Waals surface area contributed by atoms with Crippen LogP contribution in [0.5, 0.6) is 0 Å². The fraction of sp³-hybridized carbons (Fsp3) is 0.494. The number of aliphatic hydroxyl groups excluding tert-OH is 2. The molecule has 0 bridgehead atoms. The largest absolute Gasteiger partial charge is 0.480 e. The van der Waals surface area contributed by atoms with E-state index < -0.39 is 194 Å². The summed E-state index contributed by atoms with van der Waals surface area (Å²) in [7, 11) is 1.50. The molecule has 0 spiro atoms. The summed E-state index contributed by atoms with van der Waals surface area (Å²) in [6.07, 6.45) is -1.30. The third-order valence-electron chi connectivity index (χ3n) is 19.6. The maximum Gasteiger partial charge on any atom is 0.345 e. The predicted molar refractivity (Wildman–Crippen MR) is 455 cm³/mol. The van der Waals surface area contributed by atoms with Crippen molar-refractivity contribution in [2.75, 3.05) is 66.0 Å². The topological polar surface area (TPSA) is 663 Å². The van der Waals surface area contributed by atoms with Crippen molar-refractivity contribution in [3.8, 4) is 0 Å². The van der Waals surface area contributed by atoms with Crippen LogP contribution >= 0.6 is 11.8 Å². The van der Waals surface area contributed by atoms with E-state index in [-0.39, 0.29) is 121 Å². The molecule has 0 aliphatic carbocycles. The van der Waals surface area contributed by atoms with Gasteiger partial charge in [0.1, 0.15) is 66.5 Å². The summed E-state index contributed by atoms with van der Waals surface area (Å²) < 4.78 is 1.10. The smallest absolute Gasteiger partial charge is 0.345 e. The van der Waals surface area contributed by atoms with E-state index in [9.17, 15) is 82.4 Å². The Kier molecular flexibility index (Phi) is 41.5. The lowest BCUT2D eigenvalue weighted by molar-refractivity contribution is -0.139. The van der Waals surface area contributed by atoms with E-state index in [1.807, 2.05) is 0 Å². The van der Waals surface area contributed by atoms with Crippen LogP contribution in [0.2, 0.25) is 0 Å². The molecule has 1 fully saturated rings. The molecule has 28 N–H and O–H groups in total. The van der Waals surface area contributed by atoms with Crippen LogP contribution in [0.4, 0.5) is 4.79 Å². The summed E-state index contributed by atoms with van der Waals surface area (Å²) in [5.41, 5.74) is 37.8. The van der Waals surface area contributed by atoms with Gasteiger partial charge in [-0.1, -0.05) is 74.1 Å². The number of pyridine rings is 1. The minimum Gasteiger partial charge on any atom is -0.480 e. The van der Waals surface area contributed by atoms with E-state index in [4.69, 9.17) is 39.5 Å². The molecule has 42 heteroatoms. The third kappa shape index (κ3) is 31.8. The molecule has 670 valence electrons. The molecule has 3 heterocycles. The van der Waals surface area contributed by atoms with E-state index in [1.165, 1.54) is 30.6 Å². The number of benzene rings is 3. The Morgan fingerprint density at radius 3 is 1.76 bits per heavy atom. The number of carboxylic acid groups (broad SMARTS) is 1. The molecular formula is C81H117N23O18S. The van der Waals surface area contributed by atoms with Crippen LogP contribution in [0.3, 0.4) is 0 Å². The van der Waals surface area contributed by atoms with Crippen LogP contribution in [0.25, 0.3) is 23.1 Å². The Morgan fingerprint density at radius 2 is 1.19 bits per heavy atom. The highest BCUT2D eigenvalue weighted by Crippen LogP contribution is 2.34. The maximum absolute atomic E-state index is 15.2. The van der Waals surface area contributed by atoms with Crippen molar-refractivity contribution in [1.29, 1.82) is 0 Å². The number of nitrogens with zero attached hydrogens (tertiary/aromatic N) is 4. The number of nitrogens with two attached hydrogens (primary N) is 6. The van der Waals surface area contributed by atoms with Crippen molar-refractivity contribution in [2.24, 2.45) is 40.3 Å². The van der Waals surface area contributed by atoms with Crippen LogP contribution in [0.1, 0.15) is 126 Å². The lowest BCUT2D eigenvalue weighted by atomic mass is 10.00. The van der Waals surface area contributed by atoms with E-state index in [0.717, 1.165) is 17.2 Å². The van der Waals surface area contributed by atoms with Gasteiger partial charge in [0.15, 0.2) is 0 Å². The van der Waals surface area contributed by atoms with Crippen molar-refractivity contribution < 1.29 is 87.2 Å². The maximum atomic E-state index is 15.2. The molecule has 123 heavy (non-hydrogen) atoms. The second-order valence-corrected chi connectivity index (χ2v) is 30.8. The Balaban J connectivity index is 1.27. The standard InChI is InChI=1S/C81H117N23O18S/c1-45(2)43-62-77(117)96-58(28-35-84)72(112)95-60(30-37-86)76(116)100-67(46(3)105)78(118)91-39-31-61(74(114)94-57(27-34-83)71(111)93-55(70(110)99-62)23-18-48-13-7-6-8-14-48)97-73(113)59(29-36-85)98-79(119)68(47(4)106)101-75(115)56(26-33-82)92-66(108)32-41-103(42-40-90-65(107)25-22-53(87)80(120)121)81(122)104-63-44-50(123-64-17-10-9-16-52(64)69(109)88-5)20-21-51(63)54(102-104)24-19-49-15-11-12-38-89-49/h6-17,19-21,24,38,44-47,53,55-62,67-68,105-106H,18,22-23,25-37,39-43,82-87H2,1-5H3,(H,88,109)(H,90,107)(H,91,118)(H,92,108)(H,93,111)(H,94,114)(H,95,112)(H,96,117)(H,97,113)(H,98,119)(H,99,110)(H,100,116)(H,101,115)(H,120,121)/b24-19+/t46-,47+,53-,55+,56-,57-,58-,59?,60-,61-,62-,67+,68-/m0/s1. The van der Waals surface area contributed by atoms with E-state index in [2.05, 4.69) is 74.1 Å². The van der Waals surface area contributed by atoms with Crippen molar-refractivity contribution in [2.45, 2.75) is 193 Å². The summed E-state index contributed by atoms with van der Waals surface area (Å²) in [4.78, 5) is 218. The number of hydrogen-bond acceptors (Lipinski definition) is 26. The minimum absolute atomic E-state index is 0.00873. The third-order valence-corrected chi connectivity index (χ3v) is 20.7. The van der Waals surface area contributed by atoms with Gasteiger partial charge in [-0.05, 0) is 177 Å². The van der Waals surface area contributed by atoms with Gasteiger partial charge in [-0.25, -0.2) is 4.79 Å². The molecular weight excluding hydrogens is 1620 g/mol. The first-order valence-electron chi connectivity index (χ1n) is 40.6. The molecule has 41 nitrogen and oxygen atoms in total. The zero-order valence-electron chi connectivity index (χ0n) is 69.5. The van der Waals surface area contributed by atoms with Gasteiger partial charge in [0.25, 0.3) is 5.91 Å². The predicted octanol–water partition coefficient (Wildman–Crippen LogP) is -4.37. The average molecular weight is 1730 g/mol. The van der Waals surface area contributed by atoms with Gasteiger partial charge < -0.3 is 124 Å². The summed E-state index contributed by atoms with van der Waals surface area (Å²) in [5.74, 6) is -13.5. The molecule has 0 radical (unpaired) electrons. The quantitative estimate of drug-likeness (QED) is 0.0177. The van der Waals surface area contributed by atoms with E-state index in [1.54, 1.807) is 123 Å². The fourth-order valence-electron chi connectivity index (χ4n) is 12.9. The molecule has 3 aromatic carbocycles. The molecule has 1 aliphatic rings. The summed E-state index contributed by atoms with van der Waals surface area (Å²) >= 11 is 1.23. The number of nitrogens with one attached hydrogen (secondary N) is 13. The van der Waals surface area contributed by atoms with Gasteiger partial charge >= 0.3 is 12.0 Å². The second kappa shape index (κ2) is 51.1. The molecule has 0 saturated carbocycles. The number of carbonyl (C=O) groups excluding carboxylic acids is 14. The van der Waals surface area contributed by atoms with Crippen LogP contribution in [0, 0.1) is 5.92 Å². The Bertz CT molecular complexity index is 4460. The summed E-state index contributed by atoms with van der Waals surface area (Å²) in [5, 5.41) is 69.9. The zero-order chi connectivity index (χ0) is 90.4. The SMILES string of the molecule is CNC(=O)c1ccccc1Sc1ccc2c(/C=C/c3ccccn3)nn(C(=O)N(CCNC(=O)CC[C@H](N)C(=O)O)CCC(=O)N[C@@H](CCN)C(=O)N[C@H](C(=O)NC(CCN)C(=O)N[C@H]3CCNC(=O)[C@@H]([C@H](C)O)NC(=O)[C@H](CCN)NC(=O)[C@H](CCN)NC(=O)[C@H](CC(C)C)NC(=O)[C@@H](CCc4ccccc4)NC(=O)[C@H](CCN)NC3=O)[C@@H](C)O)c2c1. The first-order chi connectivity index (χ1) is 58.7. The van der Waals surface area contributed by atoms with Gasteiger partial charge in [0.05, 0.1) is 34.7 Å². The number of carbonyl (C=O) groups is 15. The first kappa shape index (κ1) is 99.9. The number of aromatic nitrogens is 3. The average Bonchev–Trinajstić information content (AvgIpc) is 1.63. The van der Waals surface area contributed by atoms with Crippen molar-refractivity contribution in [1.82, 2.24) is 88.8 Å². The highest BCUT2D eigenvalue weighted by molar-refractivity contribution is 7.99. The Hall–Kier alpha value is -11.9.